The number of nitrogens with one attached hydrogen (secondary N) is 1. The fraction of sp³-hybridized carbons (Fsp3) is 0.500. The van der Waals surface area contributed by atoms with E-state index in [-0.39, 0.29) is 17.8 Å². The Kier molecular flexibility index (Phi) is 3.27. The zero-order valence-corrected chi connectivity index (χ0v) is 10.2. The SMILES string of the molecule is CC(Cc1ccco1)NC(=O)C1(/C(N)=N/O)CC1. The minimum Gasteiger partial charge on any atom is -0.469 e. The lowest BCUT2D eigenvalue weighted by Crippen LogP contribution is -2.44. The van der Waals surface area contributed by atoms with Crippen molar-refractivity contribution in [2.45, 2.75) is 32.2 Å². The van der Waals surface area contributed by atoms with E-state index in [1.165, 1.54) is 0 Å². The lowest BCUT2D eigenvalue weighted by atomic mass is 10.0. The molecular weight excluding hydrogens is 234 g/mol. The second-order valence-corrected chi connectivity index (χ2v) is 4.73. The van der Waals surface area contributed by atoms with E-state index in [2.05, 4.69) is 10.5 Å². The molecule has 0 aromatic carbocycles. The normalized spacial score (nSPS) is 19.3. The number of amidine groups is 1. The Morgan fingerprint density at radius 3 is 2.94 bits per heavy atom. The molecule has 0 bridgehead atoms. The van der Waals surface area contributed by atoms with Gasteiger partial charge < -0.3 is 20.7 Å². The third-order valence-electron chi connectivity index (χ3n) is 3.25. The summed E-state index contributed by atoms with van der Waals surface area (Å²) in [6, 6.07) is 3.61. The molecule has 1 fully saturated rings. The Labute approximate surface area is 105 Å². The Morgan fingerprint density at radius 1 is 1.72 bits per heavy atom. The minimum atomic E-state index is -0.799. The van der Waals surface area contributed by atoms with Gasteiger partial charge in [0.05, 0.1) is 6.26 Å². The van der Waals surface area contributed by atoms with E-state index in [4.69, 9.17) is 15.4 Å². The molecule has 0 saturated heterocycles. The van der Waals surface area contributed by atoms with Crippen LogP contribution in [-0.2, 0) is 11.2 Å². The van der Waals surface area contributed by atoms with E-state index in [1.807, 2.05) is 19.1 Å². The molecule has 6 heteroatoms. The molecule has 1 heterocycles. The van der Waals surface area contributed by atoms with E-state index < -0.39 is 5.41 Å². The number of amides is 1. The van der Waals surface area contributed by atoms with Crippen LogP contribution in [0.5, 0.6) is 0 Å². The molecule has 1 aromatic rings. The average molecular weight is 251 g/mol. The lowest BCUT2D eigenvalue weighted by molar-refractivity contribution is -0.124. The summed E-state index contributed by atoms with van der Waals surface area (Å²) in [4.78, 5) is 12.1. The molecule has 1 unspecified atom stereocenters. The topological polar surface area (TPSA) is 101 Å². The Balaban J connectivity index is 1.92. The quantitative estimate of drug-likeness (QED) is 0.312. The van der Waals surface area contributed by atoms with Crippen LogP contribution >= 0.6 is 0 Å². The molecular formula is C12H17N3O3. The molecule has 1 amide bonds. The first kappa shape index (κ1) is 12.5. The molecule has 0 spiro atoms. The van der Waals surface area contributed by atoms with Gasteiger partial charge in [0.25, 0.3) is 0 Å². The van der Waals surface area contributed by atoms with E-state index in [1.54, 1.807) is 6.26 Å². The second-order valence-electron chi connectivity index (χ2n) is 4.73. The van der Waals surface area contributed by atoms with Gasteiger partial charge in [-0.3, -0.25) is 4.79 Å². The number of hydrogen-bond donors (Lipinski definition) is 3. The van der Waals surface area contributed by atoms with Gasteiger partial charge in [0, 0.05) is 12.5 Å². The zero-order chi connectivity index (χ0) is 13.2. The summed E-state index contributed by atoms with van der Waals surface area (Å²) in [7, 11) is 0. The molecule has 98 valence electrons. The Hall–Kier alpha value is -1.98. The number of carbonyl (C=O) groups excluding carboxylic acids is 1. The van der Waals surface area contributed by atoms with E-state index >= 15 is 0 Å². The van der Waals surface area contributed by atoms with Crippen molar-refractivity contribution in [1.82, 2.24) is 5.32 Å². The molecule has 1 atom stereocenters. The number of rotatable bonds is 5. The summed E-state index contributed by atoms with van der Waals surface area (Å²) in [5, 5.41) is 14.5. The summed E-state index contributed by atoms with van der Waals surface area (Å²) in [6.07, 6.45) is 3.47. The Morgan fingerprint density at radius 2 is 2.44 bits per heavy atom. The summed E-state index contributed by atoms with van der Waals surface area (Å²) in [5.41, 5.74) is 4.75. The predicted molar refractivity (Wildman–Crippen MR) is 65.1 cm³/mol. The molecule has 4 N–H and O–H groups in total. The summed E-state index contributed by atoms with van der Waals surface area (Å²) in [5.74, 6) is 0.624. The zero-order valence-electron chi connectivity index (χ0n) is 10.2. The largest absolute Gasteiger partial charge is 0.469 e. The van der Waals surface area contributed by atoms with Crippen molar-refractivity contribution in [2.24, 2.45) is 16.3 Å². The van der Waals surface area contributed by atoms with Crippen molar-refractivity contribution in [3.05, 3.63) is 24.2 Å². The van der Waals surface area contributed by atoms with Crippen molar-refractivity contribution < 1.29 is 14.4 Å². The average Bonchev–Trinajstić information content (AvgIpc) is 3.01. The maximum atomic E-state index is 12.1. The van der Waals surface area contributed by atoms with Crippen LogP contribution in [-0.4, -0.2) is 23.0 Å². The van der Waals surface area contributed by atoms with Crippen molar-refractivity contribution in [3.8, 4) is 0 Å². The van der Waals surface area contributed by atoms with Gasteiger partial charge in [0.1, 0.15) is 11.2 Å². The number of furan rings is 1. The van der Waals surface area contributed by atoms with Gasteiger partial charge in [0.2, 0.25) is 5.91 Å². The van der Waals surface area contributed by atoms with Gasteiger partial charge in [0.15, 0.2) is 5.84 Å². The van der Waals surface area contributed by atoms with E-state index in [9.17, 15) is 4.79 Å². The second kappa shape index (κ2) is 4.72. The summed E-state index contributed by atoms with van der Waals surface area (Å²) in [6.45, 7) is 1.89. The molecule has 1 saturated carbocycles. The maximum absolute atomic E-state index is 12.1. The van der Waals surface area contributed by atoms with Crippen molar-refractivity contribution in [1.29, 1.82) is 0 Å². The smallest absolute Gasteiger partial charge is 0.234 e. The van der Waals surface area contributed by atoms with Gasteiger partial charge in [-0.1, -0.05) is 5.16 Å². The standard InChI is InChI=1S/C12H17N3O3/c1-8(7-9-3-2-6-18-9)14-11(16)12(4-5-12)10(13)15-17/h2-3,6,8,17H,4-5,7H2,1H3,(H2,13,15)(H,14,16). The van der Waals surface area contributed by atoms with Crippen molar-refractivity contribution in [2.75, 3.05) is 0 Å². The number of carbonyl (C=O) groups is 1. The first-order chi connectivity index (χ1) is 8.58. The minimum absolute atomic E-state index is 0.00908. The van der Waals surface area contributed by atoms with Gasteiger partial charge in [-0.2, -0.15) is 0 Å². The molecule has 6 nitrogen and oxygen atoms in total. The molecule has 0 radical (unpaired) electrons. The third-order valence-corrected chi connectivity index (χ3v) is 3.25. The van der Waals surface area contributed by atoms with Crippen LogP contribution in [0.15, 0.2) is 28.0 Å². The Bertz CT molecular complexity index is 449. The monoisotopic (exact) mass is 251 g/mol. The third kappa shape index (κ3) is 2.32. The molecule has 1 aromatic heterocycles. The van der Waals surface area contributed by atoms with Crippen LogP contribution in [0, 0.1) is 5.41 Å². The van der Waals surface area contributed by atoms with Crippen molar-refractivity contribution >= 4 is 11.7 Å². The lowest BCUT2D eigenvalue weighted by Gasteiger charge is -2.18. The highest BCUT2D eigenvalue weighted by Gasteiger charge is 2.54. The van der Waals surface area contributed by atoms with Gasteiger partial charge in [-0.25, -0.2) is 0 Å². The first-order valence-electron chi connectivity index (χ1n) is 5.90. The maximum Gasteiger partial charge on any atom is 0.234 e. The van der Waals surface area contributed by atoms with Crippen LogP contribution in [0.1, 0.15) is 25.5 Å². The highest BCUT2D eigenvalue weighted by Crippen LogP contribution is 2.46. The van der Waals surface area contributed by atoms with E-state index in [0.717, 1.165) is 5.76 Å². The van der Waals surface area contributed by atoms with Crippen LogP contribution in [0.3, 0.4) is 0 Å². The summed E-state index contributed by atoms with van der Waals surface area (Å²) >= 11 is 0. The molecule has 2 rings (SSSR count). The van der Waals surface area contributed by atoms with Gasteiger partial charge >= 0.3 is 0 Å². The van der Waals surface area contributed by atoms with Crippen molar-refractivity contribution in [3.63, 3.8) is 0 Å². The van der Waals surface area contributed by atoms with Crippen LogP contribution in [0.25, 0.3) is 0 Å². The highest BCUT2D eigenvalue weighted by molar-refractivity contribution is 6.09. The highest BCUT2D eigenvalue weighted by atomic mass is 16.4. The van der Waals surface area contributed by atoms with Gasteiger partial charge in [-0.05, 0) is 31.9 Å². The fourth-order valence-electron chi connectivity index (χ4n) is 1.96. The van der Waals surface area contributed by atoms with E-state index in [0.29, 0.717) is 19.3 Å². The fourth-order valence-corrected chi connectivity index (χ4v) is 1.96. The number of nitrogens with two attached hydrogens (primary N) is 1. The van der Waals surface area contributed by atoms with Crippen LogP contribution in [0.2, 0.25) is 0 Å². The number of oxime groups is 1. The molecule has 1 aliphatic carbocycles. The van der Waals surface area contributed by atoms with Crippen LogP contribution in [0.4, 0.5) is 0 Å². The summed E-state index contributed by atoms with van der Waals surface area (Å²) < 4.78 is 5.22. The number of hydrogen-bond acceptors (Lipinski definition) is 4. The predicted octanol–water partition coefficient (Wildman–Crippen LogP) is 0.853. The molecule has 1 aliphatic rings. The van der Waals surface area contributed by atoms with Gasteiger partial charge in [-0.15, -0.1) is 0 Å². The number of nitrogens with zero attached hydrogens (tertiary/aromatic N) is 1. The first-order valence-corrected chi connectivity index (χ1v) is 5.90. The molecule has 0 aliphatic heterocycles. The molecule has 18 heavy (non-hydrogen) atoms. The van der Waals surface area contributed by atoms with Crippen LogP contribution < -0.4 is 11.1 Å².